The minimum atomic E-state index is -0.604. The second-order valence-electron chi connectivity index (χ2n) is 5.04. The van der Waals surface area contributed by atoms with Crippen LogP contribution in [0.1, 0.15) is 11.1 Å². The Morgan fingerprint density at radius 3 is 2.75 bits per heavy atom. The molecule has 1 heterocycles. The van der Waals surface area contributed by atoms with Gasteiger partial charge in [-0.2, -0.15) is 0 Å². The highest BCUT2D eigenvalue weighted by Crippen LogP contribution is 2.21. The van der Waals surface area contributed by atoms with Gasteiger partial charge in [0.1, 0.15) is 6.04 Å². The molecule has 1 aromatic carbocycles. The SMILES string of the molecule is COC(=O)C(N)Cc1ccc(N2CCOCC2)cc1C. The van der Waals surface area contributed by atoms with E-state index in [4.69, 9.17) is 10.5 Å². The summed E-state index contributed by atoms with van der Waals surface area (Å²) in [5, 5.41) is 0. The zero-order valence-electron chi connectivity index (χ0n) is 12.1. The van der Waals surface area contributed by atoms with E-state index in [-0.39, 0.29) is 5.97 Å². The molecule has 0 bridgehead atoms. The van der Waals surface area contributed by atoms with Gasteiger partial charge in [0, 0.05) is 18.8 Å². The lowest BCUT2D eigenvalue weighted by molar-refractivity contribution is -0.142. The molecule has 110 valence electrons. The topological polar surface area (TPSA) is 64.8 Å². The van der Waals surface area contributed by atoms with Crippen molar-refractivity contribution in [3.8, 4) is 0 Å². The fraction of sp³-hybridized carbons (Fsp3) is 0.533. The van der Waals surface area contributed by atoms with Gasteiger partial charge in [0.25, 0.3) is 0 Å². The highest BCUT2D eigenvalue weighted by molar-refractivity contribution is 5.75. The van der Waals surface area contributed by atoms with Gasteiger partial charge in [-0.3, -0.25) is 4.79 Å². The molecular formula is C15H22N2O3. The number of benzene rings is 1. The summed E-state index contributed by atoms with van der Waals surface area (Å²) in [5.41, 5.74) is 9.23. The minimum absolute atomic E-state index is 0.373. The average Bonchev–Trinajstić information content (AvgIpc) is 2.49. The number of carbonyl (C=O) groups is 1. The molecule has 1 saturated heterocycles. The first kappa shape index (κ1) is 14.8. The number of hydrogen-bond donors (Lipinski definition) is 1. The van der Waals surface area contributed by atoms with Crippen LogP contribution in [0.15, 0.2) is 18.2 Å². The molecule has 0 amide bonds. The third kappa shape index (κ3) is 3.49. The van der Waals surface area contributed by atoms with Crippen LogP contribution in [0, 0.1) is 6.92 Å². The summed E-state index contributed by atoms with van der Waals surface area (Å²) < 4.78 is 10.0. The number of morpholine rings is 1. The monoisotopic (exact) mass is 278 g/mol. The Labute approximate surface area is 119 Å². The summed E-state index contributed by atoms with van der Waals surface area (Å²) in [7, 11) is 1.36. The standard InChI is InChI=1S/C15H22N2O3/c1-11-9-13(17-5-7-20-8-6-17)4-3-12(11)10-14(16)15(18)19-2/h3-4,9,14H,5-8,10,16H2,1-2H3. The second-order valence-corrected chi connectivity index (χ2v) is 5.04. The molecule has 2 N–H and O–H groups in total. The third-order valence-corrected chi connectivity index (χ3v) is 3.65. The lowest BCUT2D eigenvalue weighted by Crippen LogP contribution is -2.36. The van der Waals surface area contributed by atoms with Crippen LogP contribution in [0.25, 0.3) is 0 Å². The molecule has 1 fully saturated rings. The normalized spacial score (nSPS) is 16.9. The van der Waals surface area contributed by atoms with Crippen LogP contribution in [-0.2, 0) is 20.7 Å². The molecule has 0 saturated carbocycles. The molecule has 0 aromatic heterocycles. The van der Waals surface area contributed by atoms with Crippen LogP contribution in [0.2, 0.25) is 0 Å². The van der Waals surface area contributed by atoms with Crippen molar-refractivity contribution in [3.63, 3.8) is 0 Å². The molecule has 1 aliphatic heterocycles. The van der Waals surface area contributed by atoms with Crippen molar-refractivity contribution in [1.82, 2.24) is 0 Å². The van der Waals surface area contributed by atoms with Crippen molar-refractivity contribution >= 4 is 11.7 Å². The van der Waals surface area contributed by atoms with Crippen LogP contribution in [0.3, 0.4) is 0 Å². The van der Waals surface area contributed by atoms with Crippen molar-refractivity contribution < 1.29 is 14.3 Å². The molecule has 5 nitrogen and oxygen atoms in total. The van der Waals surface area contributed by atoms with Gasteiger partial charge in [-0.1, -0.05) is 6.07 Å². The molecule has 1 atom stereocenters. The largest absolute Gasteiger partial charge is 0.468 e. The zero-order valence-corrected chi connectivity index (χ0v) is 12.1. The van der Waals surface area contributed by atoms with Crippen molar-refractivity contribution in [2.75, 3.05) is 38.3 Å². The molecule has 2 rings (SSSR count). The first-order valence-electron chi connectivity index (χ1n) is 6.87. The molecule has 5 heteroatoms. The van der Waals surface area contributed by atoms with Gasteiger partial charge in [0.15, 0.2) is 0 Å². The number of rotatable bonds is 4. The van der Waals surface area contributed by atoms with Gasteiger partial charge in [-0.05, 0) is 36.6 Å². The maximum Gasteiger partial charge on any atom is 0.322 e. The van der Waals surface area contributed by atoms with Gasteiger partial charge in [0.05, 0.1) is 20.3 Å². The number of nitrogens with two attached hydrogens (primary N) is 1. The van der Waals surface area contributed by atoms with Crippen molar-refractivity contribution in [1.29, 1.82) is 0 Å². The molecule has 1 aliphatic rings. The number of aryl methyl sites for hydroxylation is 1. The minimum Gasteiger partial charge on any atom is -0.468 e. The second kappa shape index (κ2) is 6.72. The highest BCUT2D eigenvalue weighted by Gasteiger charge is 2.17. The first-order valence-corrected chi connectivity index (χ1v) is 6.87. The smallest absolute Gasteiger partial charge is 0.322 e. The van der Waals surface area contributed by atoms with Crippen LogP contribution in [-0.4, -0.2) is 45.4 Å². The van der Waals surface area contributed by atoms with Crippen LogP contribution in [0.5, 0.6) is 0 Å². The summed E-state index contributed by atoms with van der Waals surface area (Å²) in [6.07, 6.45) is 0.502. The first-order chi connectivity index (χ1) is 9.61. The summed E-state index contributed by atoms with van der Waals surface area (Å²) in [5.74, 6) is -0.373. The van der Waals surface area contributed by atoms with E-state index >= 15 is 0 Å². The quantitative estimate of drug-likeness (QED) is 0.828. The number of esters is 1. The maximum atomic E-state index is 11.4. The zero-order chi connectivity index (χ0) is 14.5. The average molecular weight is 278 g/mol. The number of hydrogen-bond acceptors (Lipinski definition) is 5. The Hall–Kier alpha value is -1.59. The van der Waals surface area contributed by atoms with E-state index < -0.39 is 6.04 Å². The van der Waals surface area contributed by atoms with Crippen molar-refractivity contribution in [2.24, 2.45) is 5.73 Å². The Morgan fingerprint density at radius 2 is 2.15 bits per heavy atom. The molecule has 1 unspecified atom stereocenters. The Kier molecular flexibility index (Phi) is 4.98. The summed E-state index contributed by atoms with van der Waals surface area (Å²) in [4.78, 5) is 13.7. The van der Waals surface area contributed by atoms with Crippen LogP contribution >= 0.6 is 0 Å². The van der Waals surface area contributed by atoms with Gasteiger partial charge in [-0.25, -0.2) is 0 Å². The molecule has 0 aliphatic carbocycles. The van der Waals surface area contributed by atoms with Gasteiger partial charge in [-0.15, -0.1) is 0 Å². The van der Waals surface area contributed by atoms with E-state index in [0.29, 0.717) is 6.42 Å². The van der Waals surface area contributed by atoms with E-state index in [1.807, 2.05) is 13.0 Å². The summed E-state index contributed by atoms with van der Waals surface area (Å²) in [6.45, 7) is 5.42. The lowest BCUT2D eigenvalue weighted by atomic mass is 10.0. The van der Waals surface area contributed by atoms with E-state index in [2.05, 4.69) is 21.8 Å². The van der Waals surface area contributed by atoms with Gasteiger partial charge in [0.2, 0.25) is 0 Å². The summed E-state index contributed by atoms with van der Waals surface area (Å²) in [6, 6.07) is 5.67. The fourth-order valence-electron chi connectivity index (χ4n) is 2.40. The molecule has 0 spiro atoms. The van der Waals surface area contributed by atoms with E-state index in [1.165, 1.54) is 12.8 Å². The number of carbonyl (C=O) groups excluding carboxylic acids is 1. The molecule has 1 aromatic rings. The Bertz CT molecular complexity index is 470. The van der Waals surface area contributed by atoms with Gasteiger partial charge >= 0.3 is 5.97 Å². The summed E-state index contributed by atoms with van der Waals surface area (Å²) >= 11 is 0. The number of nitrogens with zero attached hydrogens (tertiary/aromatic N) is 1. The Balaban J connectivity index is 2.07. The predicted octanol–water partition coefficient (Wildman–Crippen LogP) is 0.874. The molecule has 20 heavy (non-hydrogen) atoms. The number of anilines is 1. The van der Waals surface area contributed by atoms with Crippen LogP contribution in [0.4, 0.5) is 5.69 Å². The van der Waals surface area contributed by atoms with E-state index in [9.17, 15) is 4.79 Å². The van der Waals surface area contributed by atoms with E-state index in [0.717, 1.165) is 37.4 Å². The molecular weight excluding hydrogens is 256 g/mol. The lowest BCUT2D eigenvalue weighted by Gasteiger charge is -2.29. The van der Waals surface area contributed by atoms with Gasteiger partial charge < -0.3 is 20.1 Å². The van der Waals surface area contributed by atoms with Crippen LogP contribution < -0.4 is 10.6 Å². The number of ether oxygens (including phenoxy) is 2. The highest BCUT2D eigenvalue weighted by atomic mass is 16.5. The predicted molar refractivity (Wildman–Crippen MR) is 77.9 cm³/mol. The maximum absolute atomic E-state index is 11.4. The van der Waals surface area contributed by atoms with E-state index in [1.54, 1.807) is 0 Å². The van der Waals surface area contributed by atoms with Crippen molar-refractivity contribution in [3.05, 3.63) is 29.3 Å². The Morgan fingerprint density at radius 1 is 1.45 bits per heavy atom. The molecule has 0 radical (unpaired) electrons. The third-order valence-electron chi connectivity index (χ3n) is 3.65. The van der Waals surface area contributed by atoms with Crippen molar-refractivity contribution in [2.45, 2.75) is 19.4 Å². The number of methoxy groups -OCH3 is 1. The fourth-order valence-corrected chi connectivity index (χ4v) is 2.40.